The molecule has 0 radical (unpaired) electrons. The van der Waals surface area contributed by atoms with E-state index in [4.69, 9.17) is 9.47 Å². The van der Waals surface area contributed by atoms with Crippen molar-refractivity contribution in [3.63, 3.8) is 0 Å². The third-order valence-corrected chi connectivity index (χ3v) is 6.56. The fourth-order valence-corrected chi connectivity index (χ4v) is 4.60. The van der Waals surface area contributed by atoms with Gasteiger partial charge in [0.2, 0.25) is 5.95 Å². The van der Waals surface area contributed by atoms with Crippen molar-refractivity contribution < 1.29 is 33.3 Å². The third-order valence-electron chi connectivity index (χ3n) is 6.56. The van der Waals surface area contributed by atoms with E-state index in [1.54, 1.807) is 12.1 Å². The average Bonchev–Trinajstić information content (AvgIpc) is 3.11. The Morgan fingerprint density at radius 3 is 2.60 bits per heavy atom. The predicted octanol–water partition coefficient (Wildman–Crippen LogP) is 2.23. The van der Waals surface area contributed by atoms with Gasteiger partial charge in [-0.1, -0.05) is 0 Å². The summed E-state index contributed by atoms with van der Waals surface area (Å²) in [6.45, 7) is 0. The van der Waals surface area contributed by atoms with Crippen LogP contribution in [0.4, 0.5) is 10.3 Å². The van der Waals surface area contributed by atoms with Gasteiger partial charge in [-0.15, -0.1) is 0 Å². The monoisotopic (exact) mass is 480 g/mol. The molecule has 1 spiro atoms. The van der Waals surface area contributed by atoms with Crippen LogP contribution in [-0.2, 0) is 15.1 Å². The number of anilines is 1. The zero-order valence-corrected chi connectivity index (χ0v) is 18.7. The molecule has 0 atom stereocenters. The van der Waals surface area contributed by atoms with Crippen molar-refractivity contribution in [3.05, 3.63) is 71.2 Å². The second kappa shape index (κ2) is 8.27. The van der Waals surface area contributed by atoms with Crippen LogP contribution in [0.1, 0.15) is 41.6 Å². The van der Waals surface area contributed by atoms with Gasteiger partial charge in [0.15, 0.2) is 12.4 Å². The Kier molecular flexibility index (Phi) is 5.36. The number of rotatable bonds is 4. The van der Waals surface area contributed by atoms with E-state index in [1.807, 2.05) is 0 Å². The summed E-state index contributed by atoms with van der Waals surface area (Å²) in [7, 11) is 1.43. The maximum atomic E-state index is 13.8. The van der Waals surface area contributed by atoms with Gasteiger partial charge < -0.3 is 19.8 Å². The summed E-state index contributed by atoms with van der Waals surface area (Å²) in [5.74, 6) is -1.42. The minimum Gasteiger partial charge on any atom is -0.619 e. The number of carbonyl (C=O) groups is 2. The van der Waals surface area contributed by atoms with Gasteiger partial charge in [-0.05, 0) is 43.4 Å². The van der Waals surface area contributed by atoms with Crippen LogP contribution in [-0.4, -0.2) is 39.7 Å². The molecule has 0 bridgehead atoms. The van der Waals surface area contributed by atoms with Crippen LogP contribution in [0, 0.1) is 11.0 Å². The lowest BCUT2D eigenvalue weighted by molar-refractivity contribution is -0.605. The van der Waals surface area contributed by atoms with Gasteiger partial charge in [-0.3, -0.25) is 10.1 Å². The van der Waals surface area contributed by atoms with Gasteiger partial charge in [0.1, 0.15) is 28.3 Å². The fourth-order valence-electron chi connectivity index (χ4n) is 4.60. The van der Waals surface area contributed by atoms with Crippen molar-refractivity contribution in [2.75, 3.05) is 12.4 Å². The summed E-state index contributed by atoms with van der Waals surface area (Å²) in [6.07, 6.45) is 5.77. The zero-order valence-electron chi connectivity index (χ0n) is 18.7. The van der Waals surface area contributed by atoms with Gasteiger partial charge in [-0.25, -0.2) is 19.2 Å². The smallest absolute Gasteiger partial charge is 0.345 e. The molecule has 1 aliphatic heterocycles. The Labute approximate surface area is 198 Å². The third kappa shape index (κ3) is 4.03. The van der Waals surface area contributed by atoms with Crippen molar-refractivity contribution in [1.82, 2.24) is 9.97 Å². The van der Waals surface area contributed by atoms with Crippen molar-refractivity contribution in [2.45, 2.75) is 36.9 Å². The number of methoxy groups -OCH3 is 1. The summed E-state index contributed by atoms with van der Waals surface area (Å²) >= 11 is 0. The van der Waals surface area contributed by atoms with Crippen LogP contribution in [0.15, 0.2) is 49.1 Å². The predicted molar refractivity (Wildman–Crippen MR) is 119 cm³/mol. The molecular formula is C24H21FN4O6. The van der Waals surface area contributed by atoms with Crippen LogP contribution in [0.25, 0.3) is 11.1 Å². The molecule has 1 amide bonds. The second-order valence-electron chi connectivity index (χ2n) is 8.68. The number of carbonyl (C=O) groups excluding carboxylic acids is 2. The summed E-state index contributed by atoms with van der Waals surface area (Å²) in [6, 6.07) is 5.73. The first-order chi connectivity index (χ1) is 16.7. The van der Waals surface area contributed by atoms with Crippen LogP contribution in [0.3, 0.4) is 0 Å². The van der Waals surface area contributed by atoms with E-state index < -0.39 is 28.9 Å². The Morgan fingerprint density at radius 2 is 1.91 bits per heavy atom. The molecule has 1 aromatic carbocycles. The number of nitrogens with one attached hydrogen (secondary N) is 1. The SMILES string of the molecule is COc1cc(F)cc(-c2cnc(NC(=O)[C@]3(O)CC[C@@]4(CC3)OC(=O)c3c[n+]([O-])ccc34)nc2)c1. The van der Waals surface area contributed by atoms with Gasteiger partial charge >= 0.3 is 5.97 Å². The molecule has 11 heteroatoms. The molecule has 5 rings (SSSR count). The maximum Gasteiger partial charge on any atom is 0.345 e. The minimum atomic E-state index is -1.72. The second-order valence-corrected chi connectivity index (χ2v) is 8.68. The van der Waals surface area contributed by atoms with E-state index >= 15 is 0 Å². The van der Waals surface area contributed by atoms with Gasteiger partial charge in [0.25, 0.3) is 5.91 Å². The molecule has 2 N–H and O–H groups in total. The number of benzene rings is 1. The van der Waals surface area contributed by atoms with Gasteiger partial charge in [-0.2, -0.15) is 4.73 Å². The van der Waals surface area contributed by atoms with Crippen molar-refractivity contribution >= 4 is 17.8 Å². The number of pyridine rings is 1. The molecule has 10 nitrogen and oxygen atoms in total. The number of nitrogens with zero attached hydrogens (tertiary/aromatic N) is 3. The molecule has 35 heavy (non-hydrogen) atoms. The number of hydrogen-bond acceptors (Lipinski definition) is 8. The standard InChI is InChI=1S/C24H21FN4O6/c1-34-17-9-14(8-16(25)10-17)15-11-26-22(27-12-15)28-21(31)23(32)3-5-24(6-4-23)19-2-7-29(33)13-18(19)20(30)35-24/h2,7-13,32H,3-6H2,1H3,(H,26,27,28,31)/t23-,24-. The average molecular weight is 480 g/mol. The normalized spacial score (nSPS) is 23.0. The Hall–Kier alpha value is -4.12. The van der Waals surface area contributed by atoms with E-state index in [0.29, 0.717) is 27.2 Å². The van der Waals surface area contributed by atoms with Crippen LogP contribution < -0.4 is 14.8 Å². The Balaban J connectivity index is 1.28. The highest BCUT2D eigenvalue weighted by Gasteiger charge is 2.53. The molecule has 2 aromatic heterocycles. The molecule has 0 unspecified atom stereocenters. The first-order valence-corrected chi connectivity index (χ1v) is 10.9. The number of fused-ring (bicyclic) bond motifs is 2. The van der Waals surface area contributed by atoms with Crippen LogP contribution >= 0.6 is 0 Å². The lowest BCUT2D eigenvalue weighted by Crippen LogP contribution is -2.49. The quantitative estimate of drug-likeness (QED) is 0.329. The summed E-state index contributed by atoms with van der Waals surface area (Å²) in [5, 5.41) is 25.1. The number of amides is 1. The van der Waals surface area contributed by atoms with E-state index in [2.05, 4.69) is 15.3 Å². The number of hydrogen-bond donors (Lipinski definition) is 2. The van der Waals surface area contributed by atoms with E-state index in [-0.39, 0.29) is 37.2 Å². The summed E-state index contributed by atoms with van der Waals surface area (Å²) in [4.78, 5) is 33.3. The zero-order chi connectivity index (χ0) is 24.8. The molecule has 180 valence electrons. The number of halogens is 1. The Morgan fingerprint density at radius 1 is 1.20 bits per heavy atom. The Bertz CT molecular complexity index is 1320. The van der Waals surface area contributed by atoms with Crippen molar-refractivity contribution in [1.29, 1.82) is 0 Å². The summed E-state index contributed by atoms with van der Waals surface area (Å²) in [5.41, 5.74) is -0.889. The lowest BCUT2D eigenvalue weighted by Gasteiger charge is -2.40. The molecule has 3 heterocycles. The first kappa shape index (κ1) is 22.7. The minimum absolute atomic E-state index is 0.0199. The van der Waals surface area contributed by atoms with Crippen molar-refractivity contribution in [2.24, 2.45) is 0 Å². The number of aliphatic hydroxyl groups is 1. The van der Waals surface area contributed by atoms with E-state index in [1.165, 1.54) is 44.0 Å². The number of esters is 1. The first-order valence-electron chi connectivity index (χ1n) is 10.9. The molecule has 1 fully saturated rings. The van der Waals surface area contributed by atoms with Gasteiger partial charge in [0.05, 0.1) is 7.11 Å². The fraction of sp³-hybridized carbons (Fsp3) is 0.292. The molecule has 0 saturated heterocycles. The lowest BCUT2D eigenvalue weighted by atomic mass is 9.72. The highest BCUT2D eigenvalue weighted by atomic mass is 19.1. The molecule has 3 aromatic rings. The molecular weight excluding hydrogens is 459 g/mol. The number of ether oxygens (including phenoxy) is 2. The van der Waals surface area contributed by atoms with E-state index in [0.717, 1.165) is 0 Å². The van der Waals surface area contributed by atoms with Crippen LogP contribution in [0.5, 0.6) is 5.75 Å². The highest BCUT2D eigenvalue weighted by Crippen LogP contribution is 2.49. The van der Waals surface area contributed by atoms with Gasteiger partial charge in [0, 0.05) is 35.7 Å². The molecule has 1 aliphatic carbocycles. The van der Waals surface area contributed by atoms with Crippen LogP contribution in [0.2, 0.25) is 0 Å². The summed E-state index contributed by atoms with van der Waals surface area (Å²) < 4.78 is 25.0. The van der Waals surface area contributed by atoms with Crippen molar-refractivity contribution in [3.8, 4) is 16.9 Å². The topological polar surface area (TPSA) is 138 Å². The molecule has 2 aliphatic rings. The van der Waals surface area contributed by atoms with E-state index in [9.17, 15) is 24.3 Å². The maximum absolute atomic E-state index is 13.8. The largest absolute Gasteiger partial charge is 0.619 e. The molecule has 1 saturated carbocycles. The number of aromatic nitrogens is 3. The highest BCUT2D eigenvalue weighted by molar-refractivity contribution is 5.96.